The van der Waals surface area contributed by atoms with Crippen LogP contribution in [0.2, 0.25) is 5.02 Å². The summed E-state index contributed by atoms with van der Waals surface area (Å²) in [5, 5.41) is 3.50. The highest BCUT2D eigenvalue weighted by atomic mass is 35.5. The van der Waals surface area contributed by atoms with E-state index in [4.69, 9.17) is 21.1 Å². The first-order valence-corrected chi connectivity index (χ1v) is 11.3. The number of methoxy groups -OCH3 is 1. The number of carbonyl (C=O) groups is 2. The van der Waals surface area contributed by atoms with Crippen LogP contribution in [-0.2, 0) is 16.1 Å². The lowest BCUT2D eigenvalue weighted by Gasteiger charge is -2.30. The van der Waals surface area contributed by atoms with Crippen molar-refractivity contribution in [1.29, 1.82) is 0 Å². The first-order valence-electron chi connectivity index (χ1n) is 11.0. The van der Waals surface area contributed by atoms with Gasteiger partial charge in [0.2, 0.25) is 0 Å². The summed E-state index contributed by atoms with van der Waals surface area (Å²) in [6.07, 6.45) is 2.44. The Morgan fingerprint density at radius 2 is 1.79 bits per heavy atom. The highest BCUT2D eigenvalue weighted by Gasteiger charge is 2.30. The molecule has 1 aliphatic rings. The number of halogens is 1. The van der Waals surface area contributed by atoms with Crippen molar-refractivity contribution in [1.82, 2.24) is 5.32 Å². The number of hydrogen-bond donors (Lipinski definition) is 1. The summed E-state index contributed by atoms with van der Waals surface area (Å²) in [4.78, 5) is 27.3. The molecule has 6 nitrogen and oxygen atoms in total. The first-order chi connectivity index (χ1) is 16.5. The average molecular weight is 477 g/mol. The third kappa shape index (κ3) is 5.65. The van der Waals surface area contributed by atoms with Gasteiger partial charge in [-0.25, -0.2) is 0 Å². The van der Waals surface area contributed by atoms with Crippen LogP contribution in [0.4, 0.5) is 5.69 Å². The standard InChI is InChI=1S/C27H25ClN2O4/c1-33-16-4-15-29-26(31)21-11-7-19(8-12-21)17-25-27(32)30(18-20-9-13-22(28)14-10-20)23-5-2-3-6-24(23)34-25/h2-3,5-14,17H,4,15-16,18H2,1H3,(H,29,31)/b25-17+. The molecule has 3 aromatic rings. The maximum atomic E-state index is 13.3. The Kier molecular flexibility index (Phi) is 7.62. The van der Waals surface area contributed by atoms with E-state index in [0.29, 0.717) is 41.7 Å². The summed E-state index contributed by atoms with van der Waals surface area (Å²) in [5.74, 6) is 0.427. The van der Waals surface area contributed by atoms with E-state index in [1.165, 1.54) is 0 Å². The van der Waals surface area contributed by atoms with Gasteiger partial charge in [-0.1, -0.05) is 48.0 Å². The number of ether oxygens (including phenoxy) is 2. The second-order valence-corrected chi connectivity index (χ2v) is 8.26. The number of amides is 2. The Balaban J connectivity index is 1.53. The Morgan fingerprint density at radius 1 is 1.06 bits per heavy atom. The lowest BCUT2D eigenvalue weighted by Crippen LogP contribution is -2.36. The summed E-state index contributed by atoms with van der Waals surface area (Å²) in [6, 6.07) is 21.9. The smallest absolute Gasteiger partial charge is 0.294 e. The monoisotopic (exact) mass is 476 g/mol. The summed E-state index contributed by atoms with van der Waals surface area (Å²) < 4.78 is 10.9. The number of benzene rings is 3. The van der Waals surface area contributed by atoms with Gasteiger partial charge in [0.15, 0.2) is 11.5 Å². The van der Waals surface area contributed by atoms with E-state index in [0.717, 1.165) is 17.5 Å². The lowest BCUT2D eigenvalue weighted by atomic mass is 10.1. The number of fused-ring (bicyclic) bond motifs is 1. The van der Waals surface area contributed by atoms with Gasteiger partial charge in [0.1, 0.15) is 0 Å². The number of hydrogen-bond acceptors (Lipinski definition) is 4. The Labute approximate surface area is 203 Å². The molecule has 1 aliphatic heterocycles. The fraction of sp³-hybridized carbons (Fsp3) is 0.185. The van der Waals surface area contributed by atoms with E-state index in [9.17, 15) is 9.59 Å². The predicted molar refractivity (Wildman–Crippen MR) is 133 cm³/mol. The van der Waals surface area contributed by atoms with Crippen LogP contribution in [0.25, 0.3) is 6.08 Å². The van der Waals surface area contributed by atoms with E-state index in [-0.39, 0.29) is 17.6 Å². The summed E-state index contributed by atoms with van der Waals surface area (Å²) in [5.41, 5.74) is 2.96. The minimum absolute atomic E-state index is 0.150. The van der Waals surface area contributed by atoms with Crippen LogP contribution in [-0.4, -0.2) is 32.1 Å². The zero-order valence-corrected chi connectivity index (χ0v) is 19.5. The van der Waals surface area contributed by atoms with E-state index in [1.54, 1.807) is 54.5 Å². The summed E-state index contributed by atoms with van der Waals surface area (Å²) in [7, 11) is 1.63. The molecular formula is C27H25ClN2O4. The van der Waals surface area contributed by atoms with Crippen molar-refractivity contribution in [3.63, 3.8) is 0 Å². The van der Waals surface area contributed by atoms with Gasteiger partial charge in [-0.2, -0.15) is 0 Å². The Bertz CT molecular complexity index is 1190. The number of nitrogens with one attached hydrogen (secondary N) is 1. The molecule has 4 rings (SSSR count). The van der Waals surface area contributed by atoms with Crippen LogP contribution < -0.4 is 15.0 Å². The molecule has 0 aliphatic carbocycles. The summed E-state index contributed by atoms with van der Waals surface area (Å²) in [6.45, 7) is 1.53. The summed E-state index contributed by atoms with van der Waals surface area (Å²) >= 11 is 6.01. The van der Waals surface area contributed by atoms with Crippen molar-refractivity contribution < 1.29 is 19.1 Å². The number of para-hydroxylation sites is 2. The third-order valence-electron chi connectivity index (χ3n) is 5.37. The minimum Gasteiger partial charge on any atom is -0.449 e. The maximum absolute atomic E-state index is 13.3. The van der Waals surface area contributed by atoms with Crippen LogP contribution in [0.5, 0.6) is 5.75 Å². The molecular weight excluding hydrogens is 452 g/mol. The fourth-order valence-corrected chi connectivity index (χ4v) is 3.72. The molecule has 0 fully saturated rings. The molecule has 0 atom stereocenters. The van der Waals surface area contributed by atoms with Gasteiger partial charge in [-0.05, 0) is 60.0 Å². The molecule has 2 amide bonds. The Hall–Kier alpha value is -3.61. The van der Waals surface area contributed by atoms with Gasteiger partial charge in [-0.3, -0.25) is 14.5 Å². The first kappa shape index (κ1) is 23.5. The van der Waals surface area contributed by atoms with Gasteiger partial charge in [0, 0.05) is 30.8 Å². The largest absolute Gasteiger partial charge is 0.449 e. The molecule has 1 heterocycles. The van der Waals surface area contributed by atoms with E-state index >= 15 is 0 Å². The molecule has 0 aromatic heterocycles. The molecule has 0 radical (unpaired) electrons. The molecule has 0 unspecified atom stereocenters. The van der Waals surface area contributed by atoms with Crippen molar-refractivity contribution >= 4 is 35.2 Å². The second-order valence-electron chi connectivity index (χ2n) is 7.82. The quantitative estimate of drug-likeness (QED) is 0.364. The molecule has 3 aromatic carbocycles. The normalized spacial score (nSPS) is 14.0. The molecule has 7 heteroatoms. The molecule has 1 N–H and O–H groups in total. The Morgan fingerprint density at radius 3 is 2.53 bits per heavy atom. The molecule has 0 bridgehead atoms. The van der Waals surface area contributed by atoms with E-state index in [1.807, 2.05) is 36.4 Å². The predicted octanol–water partition coefficient (Wildman–Crippen LogP) is 5.07. The minimum atomic E-state index is -0.242. The molecule has 34 heavy (non-hydrogen) atoms. The van der Waals surface area contributed by atoms with Gasteiger partial charge in [0.05, 0.1) is 12.2 Å². The van der Waals surface area contributed by atoms with Crippen molar-refractivity contribution in [3.05, 3.63) is 100 Å². The molecule has 0 spiro atoms. The van der Waals surface area contributed by atoms with Crippen LogP contribution in [0.15, 0.2) is 78.6 Å². The van der Waals surface area contributed by atoms with Crippen LogP contribution >= 0.6 is 11.6 Å². The molecule has 0 saturated heterocycles. The average Bonchev–Trinajstić information content (AvgIpc) is 2.86. The van der Waals surface area contributed by atoms with Gasteiger partial charge < -0.3 is 14.8 Å². The van der Waals surface area contributed by atoms with E-state index < -0.39 is 0 Å². The topological polar surface area (TPSA) is 67.9 Å². The van der Waals surface area contributed by atoms with Crippen LogP contribution in [0.3, 0.4) is 0 Å². The highest BCUT2D eigenvalue weighted by molar-refractivity contribution is 6.30. The van der Waals surface area contributed by atoms with Crippen LogP contribution in [0, 0.1) is 0 Å². The highest BCUT2D eigenvalue weighted by Crippen LogP contribution is 2.36. The van der Waals surface area contributed by atoms with Crippen molar-refractivity contribution in [3.8, 4) is 5.75 Å². The molecule has 174 valence electrons. The van der Waals surface area contributed by atoms with Gasteiger partial charge in [0.25, 0.3) is 11.8 Å². The number of carbonyl (C=O) groups excluding carboxylic acids is 2. The zero-order chi connectivity index (χ0) is 23.9. The van der Waals surface area contributed by atoms with Crippen molar-refractivity contribution in [2.24, 2.45) is 0 Å². The molecule has 0 saturated carbocycles. The lowest BCUT2D eigenvalue weighted by molar-refractivity contribution is -0.117. The zero-order valence-electron chi connectivity index (χ0n) is 18.8. The fourth-order valence-electron chi connectivity index (χ4n) is 3.59. The third-order valence-corrected chi connectivity index (χ3v) is 5.62. The van der Waals surface area contributed by atoms with Crippen molar-refractivity contribution in [2.75, 3.05) is 25.2 Å². The van der Waals surface area contributed by atoms with Gasteiger partial charge >= 0.3 is 0 Å². The van der Waals surface area contributed by atoms with Gasteiger partial charge in [-0.15, -0.1) is 0 Å². The van der Waals surface area contributed by atoms with Crippen LogP contribution in [0.1, 0.15) is 27.9 Å². The number of nitrogens with zero attached hydrogens (tertiary/aromatic N) is 1. The maximum Gasteiger partial charge on any atom is 0.294 e. The number of anilines is 1. The van der Waals surface area contributed by atoms with E-state index in [2.05, 4.69) is 5.32 Å². The van der Waals surface area contributed by atoms with Crippen molar-refractivity contribution in [2.45, 2.75) is 13.0 Å². The SMILES string of the molecule is COCCCNC(=O)c1ccc(/C=C2/Oc3ccccc3N(Cc3ccc(Cl)cc3)C2=O)cc1. The number of rotatable bonds is 8. The second kappa shape index (κ2) is 11.0.